The summed E-state index contributed by atoms with van der Waals surface area (Å²) in [7, 11) is -0.286. The van der Waals surface area contributed by atoms with Gasteiger partial charge >= 0.3 is 20.4 Å². The van der Waals surface area contributed by atoms with Crippen LogP contribution < -0.4 is 14.8 Å². The van der Waals surface area contributed by atoms with E-state index in [0.717, 1.165) is 33.9 Å². The van der Waals surface area contributed by atoms with Gasteiger partial charge in [0.15, 0.2) is 0 Å². The molecule has 6 nitrogen and oxygen atoms in total. The monoisotopic (exact) mass is 905 g/mol. The Hall–Kier alpha value is -2.72. The van der Waals surface area contributed by atoms with E-state index in [0.29, 0.717) is 29.7 Å². The minimum atomic E-state index is -3.67. The summed E-state index contributed by atoms with van der Waals surface area (Å²) in [5.41, 5.74) is 18.9. The fraction of sp³-hybridized carbons (Fsp3) is 0.500. The van der Waals surface area contributed by atoms with Gasteiger partial charge in [0, 0.05) is 10.9 Å². The van der Waals surface area contributed by atoms with E-state index in [1.165, 1.54) is 97.3 Å². The summed E-state index contributed by atoms with van der Waals surface area (Å²) < 4.78 is 38.4. The minimum Gasteiger partial charge on any atom is -0.706 e. The van der Waals surface area contributed by atoms with Gasteiger partial charge < -0.3 is 15.2 Å². The van der Waals surface area contributed by atoms with E-state index in [9.17, 15) is 8.42 Å². The summed E-state index contributed by atoms with van der Waals surface area (Å²) in [4.78, 5) is 0. The molecule has 0 bridgehead atoms. The Morgan fingerprint density at radius 1 is 0.702 bits per heavy atom. The van der Waals surface area contributed by atoms with Crippen molar-refractivity contribution in [2.24, 2.45) is 0 Å². The summed E-state index contributed by atoms with van der Waals surface area (Å²) in [5.74, 6) is 3.50. The van der Waals surface area contributed by atoms with Gasteiger partial charge in [-0.15, -0.1) is 41.5 Å². The van der Waals surface area contributed by atoms with Crippen LogP contribution in [-0.4, -0.2) is 44.8 Å². The molecule has 4 aromatic carbocycles. The zero-order valence-corrected chi connectivity index (χ0v) is 38.9. The fourth-order valence-corrected chi connectivity index (χ4v) is 12.4. The second kappa shape index (κ2) is 23.2. The van der Waals surface area contributed by atoms with Crippen molar-refractivity contribution in [3.8, 4) is 33.8 Å². The molecule has 2 aliphatic carbocycles. The Kier molecular flexibility index (Phi) is 19.8. The maximum absolute atomic E-state index is 9.19. The van der Waals surface area contributed by atoms with Crippen molar-refractivity contribution in [3.05, 3.63) is 101 Å². The summed E-state index contributed by atoms with van der Waals surface area (Å²) in [5, 5.41) is 1.52. The van der Waals surface area contributed by atoms with Crippen LogP contribution in [0.15, 0.2) is 72.8 Å². The minimum absolute atomic E-state index is 0. The Labute approximate surface area is 360 Å². The molecule has 0 radical (unpaired) electrons. The molecule has 0 unspecified atom stereocenters. The molecule has 0 spiro atoms. The van der Waals surface area contributed by atoms with Gasteiger partial charge in [-0.3, -0.25) is 4.55 Å². The average Bonchev–Trinajstić information content (AvgIpc) is 3.18. The topological polar surface area (TPSA) is 96.6 Å². The predicted molar refractivity (Wildman–Crippen MR) is 240 cm³/mol. The largest absolute Gasteiger partial charge is 2.00 e. The normalized spacial score (nSPS) is 15.1. The first kappa shape index (κ1) is 48.6. The predicted octanol–water partition coefficient (Wildman–Crippen LogP) is 13.9. The quantitative estimate of drug-likeness (QED) is 0.0740. The standard InChI is InChI=1S/C35H53O2P.C12H9N.CH4O3S.Pd/c1-23(2)26-21-29(24(3)4)33(30(22-26)25(5)6)34-31(36-7)19-20-32(37-8)35(34)38(27-15-11-9-12-16-27)28-17-13-10-14-18-28;13-12-9-5-4-8-11(12)10-6-2-1-3-7-10;1-5(2,3)4;/h19-25,27-28H,9-18H2,1-8H3;1-6,8-9,13H;1H3,(H,2,3,4);/q;-2;;+2. The maximum Gasteiger partial charge on any atom is 2.00 e. The van der Waals surface area contributed by atoms with Gasteiger partial charge in [0.05, 0.1) is 20.5 Å². The summed E-state index contributed by atoms with van der Waals surface area (Å²) in [6.07, 6.45) is 14.6. The third-order valence-electron chi connectivity index (χ3n) is 11.0. The van der Waals surface area contributed by atoms with E-state index in [2.05, 4.69) is 71.9 Å². The third kappa shape index (κ3) is 13.7. The number of benzene rings is 4. The van der Waals surface area contributed by atoms with Crippen molar-refractivity contribution in [2.45, 2.75) is 135 Å². The Bertz CT molecular complexity index is 1880. The Morgan fingerprint density at radius 3 is 1.60 bits per heavy atom. The van der Waals surface area contributed by atoms with E-state index >= 15 is 0 Å². The zero-order chi connectivity index (χ0) is 41.0. The molecule has 0 heterocycles. The number of hydrogen-bond donors (Lipinski definition) is 1. The molecule has 314 valence electrons. The van der Waals surface area contributed by atoms with Crippen LogP contribution in [0, 0.1) is 6.07 Å². The fourth-order valence-electron chi connectivity index (χ4n) is 8.29. The molecule has 0 amide bonds. The van der Waals surface area contributed by atoms with Gasteiger partial charge in [-0.1, -0.05) is 124 Å². The van der Waals surface area contributed by atoms with E-state index in [1.54, 1.807) is 6.07 Å². The number of methoxy groups -OCH3 is 2. The summed E-state index contributed by atoms with van der Waals surface area (Å²) in [6, 6.07) is 27.7. The summed E-state index contributed by atoms with van der Waals surface area (Å²) >= 11 is 0. The van der Waals surface area contributed by atoms with Crippen LogP contribution in [0.1, 0.15) is 140 Å². The van der Waals surface area contributed by atoms with E-state index in [1.807, 2.05) is 56.7 Å². The molecule has 9 heteroatoms. The number of rotatable bonds is 10. The van der Waals surface area contributed by atoms with Crippen molar-refractivity contribution < 1.29 is 42.9 Å². The van der Waals surface area contributed by atoms with Crippen molar-refractivity contribution in [1.29, 1.82) is 0 Å². The van der Waals surface area contributed by atoms with E-state index < -0.39 is 10.1 Å². The maximum atomic E-state index is 9.19. The second-order valence-electron chi connectivity index (χ2n) is 16.3. The molecule has 0 aromatic heterocycles. The van der Waals surface area contributed by atoms with Gasteiger partial charge in [-0.05, 0) is 89.1 Å². The molecule has 0 saturated heterocycles. The van der Waals surface area contributed by atoms with E-state index in [4.69, 9.17) is 19.8 Å². The average molecular weight is 907 g/mol. The number of hydrogen-bond acceptors (Lipinski definition) is 4. The van der Waals surface area contributed by atoms with Gasteiger partial charge in [0.1, 0.15) is 11.5 Å². The number of nitrogens with one attached hydrogen (secondary N) is 1. The van der Waals surface area contributed by atoms with Crippen molar-refractivity contribution in [3.63, 3.8) is 0 Å². The van der Waals surface area contributed by atoms with Gasteiger partial charge in [-0.25, -0.2) is 0 Å². The first-order valence-electron chi connectivity index (χ1n) is 20.6. The Morgan fingerprint density at radius 2 is 1.18 bits per heavy atom. The second-order valence-corrected chi connectivity index (χ2v) is 20.5. The smallest absolute Gasteiger partial charge is 0.706 e. The molecule has 0 atom stereocenters. The van der Waals surface area contributed by atoms with Crippen LogP contribution in [0.2, 0.25) is 0 Å². The molecular weight excluding hydrogens is 840 g/mol. The molecule has 2 N–H and O–H groups in total. The SMILES string of the molecule is COc1ccc(OC)c(P(C2CCCCC2)C2CCCCC2)c1-c1c(C(C)C)cc(C(C)C)cc1C(C)C.CS(=O)(=O)O.[NH-]c1ccccc1-c1[c-]cccc1.[Pd+2]. The van der Waals surface area contributed by atoms with Crippen molar-refractivity contribution >= 4 is 29.0 Å². The molecule has 6 rings (SSSR count). The third-order valence-corrected chi connectivity index (χ3v) is 14.6. The van der Waals surface area contributed by atoms with Crippen LogP contribution in [0.5, 0.6) is 11.5 Å². The Balaban J connectivity index is 0.000000377. The van der Waals surface area contributed by atoms with Crippen molar-refractivity contribution in [2.75, 3.05) is 20.5 Å². The van der Waals surface area contributed by atoms with Crippen LogP contribution in [0.3, 0.4) is 0 Å². The molecule has 2 aliphatic rings. The molecule has 2 saturated carbocycles. The van der Waals surface area contributed by atoms with Crippen LogP contribution in [-0.2, 0) is 30.5 Å². The molecular formula is C48H66NO5PPdS. The summed E-state index contributed by atoms with van der Waals surface area (Å²) in [6.45, 7) is 14.1. The van der Waals surface area contributed by atoms with Crippen LogP contribution >= 0.6 is 7.92 Å². The molecule has 4 aromatic rings. The first-order chi connectivity index (χ1) is 26.7. The van der Waals surface area contributed by atoms with Crippen molar-refractivity contribution in [1.82, 2.24) is 0 Å². The number of ether oxygens (including phenoxy) is 2. The first-order valence-corrected chi connectivity index (χ1v) is 23.9. The van der Waals surface area contributed by atoms with Gasteiger partial charge in [-0.2, -0.15) is 14.1 Å². The van der Waals surface area contributed by atoms with Crippen LogP contribution in [0.4, 0.5) is 5.69 Å². The molecule has 0 aliphatic heterocycles. The van der Waals surface area contributed by atoms with Crippen LogP contribution in [0.25, 0.3) is 28.0 Å². The molecule has 57 heavy (non-hydrogen) atoms. The van der Waals surface area contributed by atoms with E-state index in [-0.39, 0.29) is 28.3 Å². The van der Waals surface area contributed by atoms with Gasteiger partial charge in [0.25, 0.3) is 10.1 Å². The molecule has 2 fully saturated rings. The zero-order valence-electron chi connectivity index (χ0n) is 35.6. The van der Waals surface area contributed by atoms with Gasteiger partial charge in [0.2, 0.25) is 0 Å².